The molecule has 0 spiro atoms. The summed E-state index contributed by atoms with van der Waals surface area (Å²) in [6.07, 6.45) is -1.64. The van der Waals surface area contributed by atoms with E-state index in [1.807, 2.05) is 0 Å². The van der Waals surface area contributed by atoms with E-state index in [1.165, 1.54) is 12.3 Å². The van der Waals surface area contributed by atoms with Crippen LogP contribution in [0.15, 0.2) is 16.7 Å². The summed E-state index contributed by atoms with van der Waals surface area (Å²) in [7, 11) is 0. The lowest BCUT2D eigenvalue weighted by Gasteiger charge is -2.26. The minimum atomic E-state index is -4.80. The highest BCUT2D eigenvalue weighted by atomic mass is 19.4. The predicted molar refractivity (Wildman–Crippen MR) is 59.7 cm³/mol. The van der Waals surface area contributed by atoms with Crippen LogP contribution < -0.4 is 5.32 Å². The number of carbonyl (C=O) groups excluding carboxylic acids is 1. The Hall–Kier alpha value is -1.50. The molecule has 4 nitrogen and oxygen atoms in total. The Labute approximate surface area is 107 Å². The van der Waals surface area contributed by atoms with E-state index in [4.69, 9.17) is 4.42 Å². The smallest absolute Gasteiger partial charge is 0.418 e. The van der Waals surface area contributed by atoms with Crippen molar-refractivity contribution in [1.82, 2.24) is 5.32 Å². The van der Waals surface area contributed by atoms with Gasteiger partial charge in [0, 0.05) is 5.92 Å². The normalized spacial score (nSPS) is 19.0. The van der Waals surface area contributed by atoms with Gasteiger partial charge in [-0.3, -0.25) is 4.79 Å². The van der Waals surface area contributed by atoms with Crippen LogP contribution >= 0.6 is 0 Å². The van der Waals surface area contributed by atoms with Crippen LogP contribution in [0.1, 0.15) is 41.8 Å². The van der Waals surface area contributed by atoms with E-state index in [2.05, 4.69) is 5.32 Å². The van der Waals surface area contributed by atoms with Crippen molar-refractivity contribution in [2.45, 2.75) is 37.5 Å². The van der Waals surface area contributed by atoms with Gasteiger partial charge in [-0.05, 0) is 25.8 Å². The van der Waals surface area contributed by atoms with Crippen molar-refractivity contribution in [2.75, 3.05) is 6.54 Å². The monoisotopic (exact) mass is 277 g/mol. The first kappa shape index (κ1) is 13.9. The summed E-state index contributed by atoms with van der Waals surface area (Å²) in [4.78, 5) is 11.8. The van der Waals surface area contributed by atoms with E-state index in [0.29, 0.717) is 12.7 Å². The van der Waals surface area contributed by atoms with E-state index >= 15 is 0 Å². The third-order valence-electron chi connectivity index (χ3n) is 3.09. The maximum absolute atomic E-state index is 12.4. The zero-order valence-electron chi connectivity index (χ0n) is 10.3. The summed E-state index contributed by atoms with van der Waals surface area (Å²) in [5.74, 6) is 0.0169. The van der Waals surface area contributed by atoms with Gasteiger partial charge in [0.25, 0.3) is 5.91 Å². The number of carbonyl (C=O) groups is 1. The van der Waals surface area contributed by atoms with Gasteiger partial charge in [-0.2, -0.15) is 13.2 Å². The van der Waals surface area contributed by atoms with Gasteiger partial charge in [0.15, 0.2) is 5.60 Å². The third-order valence-corrected chi connectivity index (χ3v) is 3.09. The molecule has 1 aromatic heterocycles. The van der Waals surface area contributed by atoms with E-state index in [1.54, 1.807) is 0 Å². The number of alkyl halides is 3. The van der Waals surface area contributed by atoms with Crippen molar-refractivity contribution in [3.05, 3.63) is 23.7 Å². The molecule has 2 N–H and O–H groups in total. The number of amides is 1. The first-order valence-corrected chi connectivity index (χ1v) is 5.87. The second kappa shape index (κ2) is 4.56. The lowest BCUT2D eigenvalue weighted by atomic mass is 10.1. The minimum Gasteiger partial charge on any atom is -0.468 e. The summed E-state index contributed by atoms with van der Waals surface area (Å²) in [5.41, 5.74) is -2.72. The number of aliphatic hydroxyl groups is 1. The Morgan fingerprint density at radius 2 is 2.16 bits per heavy atom. The maximum Gasteiger partial charge on any atom is 0.418 e. The van der Waals surface area contributed by atoms with Gasteiger partial charge in [0.1, 0.15) is 5.76 Å². The molecule has 1 unspecified atom stereocenters. The fourth-order valence-corrected chi connectivity index (χ4v) is 1.62. The predicted octanol–water partition coefficient (Wildman–Crippen LogP) is 2.20. The van der Waals surface area contributed by atoms with Crippen LogP contribution in [0.4, 0.5) is 13.2 Å². The molecule has 0 aromatic carbocycles. The minimum absolute atomic E-state index is 0.180. The molecule has 19 heavy (non-hydrogen) atoms. The van der Waals surface area contributed by atoms with E-state index in [-0.39, 0.29) is 11.5 Å². The Morgan fingerprint density at radius 3 is 2.68 bits per heavy atom. The molecular formula is C12H14F3NO3. The molecule has 1 fully saturated rings. The average Bonchev–Trinajstić information content (AvgIpc) is 3.02. The molecule has 0 saturated heterocycles. The van der Waals surface area contributed by atoms with Crippen molar-refractivity contribution in [3.63, 3.8) is 0 Å². The van der Waals surface area contributed by atoms with Gasteiger partial charge in [-0.25, -0.2) is 0 Å². The van der Waals surface area contributed by atoms with Crippen LogP contribution in [0, 0.1) is 0 Å². The van der Waals surface area contributed by atoms with Crippen molar-refractivity contribution in [2.24, 2.45) is 0 Å². The first-order chi connectivity index (χ1) is 8.72. The topological polar surface area (TPSA) is 62.5 Å². The quantitative estimate of drug-likeness (QED) is 0.886. The second-order valence-electron chi connectivity index (χ2n) is 4.93. The van der Waals surface area contributed by atoms with Crippen LogP contribution in [0.5, 0.6) is 0 Å². The summed E-state index contributed by atoms with van der Waals surface area (Å²) < 4.78 is 42.4. The van der Waals surface area contributed by atoms with Crippen LogP contribution in [0.3, 0.4) is 0 Å². The molecule has 1 heterocycles. The lowest BCUT2D eigenvalue weighted by Crippen LogP contribution is -2.51. The highest BCUT2D eigenvalue weighted by Crippen LogP contribution is 2.42. The summed E-state index contributed by atoms with van der Waals surface area (Å²) in [6.45, 7) is -0.283. The summed E-state index contributed by atoms with van der Waals surface area (Å²) in [6, 6.07) is 1.42. The van der Waals surface area contributed by atoms with E-state index in [9.17, 15) is 23.1 Å². The lowest BCUT2D eigenvalue weighted by molar-refractivity contribution is -0.249. The van der Waals surface area contributed by atoms with E-state index < -0.39 is 24.2 Å². The third kappa shape index (κ3) is 2.91. The molecule has 106 valence electrons. The Morgan fingerprint density at radius 1 is 1.53 bits per heavy atom. The number of furan rings is 1. The highest BCUT2D eigenvalue weighted by molar-refractivity contribution is 5.95. The van der Waals surface area contributed by atoms with Gasteiger partial charge in [-0.15, -0.1) is 0 Å². The van der Waals surface area contributed by atoms with Gasteiger partial charge in [0.05, 0.1) is 18.4 Å². The highest BCUT2D eigenvalue weighted by Gasteiger charge is 2.50. The number of hydrogen-bond acceptors (Lipinski definition) is 3. The average molecular weight is 277 g/mol. The van der Waals surface area contributed by atoms with Gasteiger partial charge >= 0.3 is 6.18 Å². The molecule has 1 saturated carbocycles. The maximum atomic E-state index is 12.4. The molecule has 1 atom stereocenters. The molecule has 7 heteroatoms. The van der Waals surface area contributed by atoms with Crippen molar-refractivity contribution in [3.8, 4) is 0 Å². The van der Waals surface area contributed by atoms with Gasteiger partial charge in [0.2, 0.25) is 0 Å². The largest absolute Gasteiger partial charge is 0.468 e. The number of halogens is 3. The molecule has 0 bridgehead atoms. The number of nitrogens with one attached hydrogen (secondary N) is 1. The zero-order chi connectivity index (χ0) is 14.3. The van der Waals surface area contributed by atoms with Crippen molar-refractivity contribution in [1.29, 1.82) is 0 Å². The fraction of sp³-hybridized carbons (Fsp3) is 0.583. The molecule has 0 radical (unpaired) electrons. The van der Waals surface area contributed by atoms with Crippen LogP contribution in [0.2, 0.25) is 0 Å². The standard InChI is InChI=1S/C12H14F3NO3/c1-11(18,12(13,14)15)6-16-10(17)8-4-5-19-9(8)7-2-3-7/h4-5,7,18H,2-3,6H2,1H3,(H,16,17). The molecule has 0 aliphatic heterocycles. The molecule has 2 rings (SSSR count). The summed E-state index contributed by atoms with van der Waals surface area (Å²) in [5, 5.41) is 11.3. The Kier molecular flexibility index (Phi) is 3.34. The van der Waals surface area contributed by atoms with Crippen molar-refractivity contribution < 1.29 is 27.5 Å². The Balaban J connectivity index is 2.00. The van der Waals surface area contributed by atoms with Gasteiger partial charge < -0.3 is 14.8 Å². The molecule has 1 amide bonds. The molecule has 1 aliphatic rings. The van der Waals surface area contributed by atoms with Gasteiger partial charge in [-0.1, -0.05) is 0 Å². The summed E-state index contributed by atoms with van der Waals surface area (Å²) >= 11 is 0. The van der Waals surface area contributed by atoms with Crippen LogP contribution in [-0.4, -0.2) is 29.3 Å². The fourth-order valence-electron chi connectivity index (χ4n) is 1.62. The molecule has 1 aliphatic carbocycles. The van der Waals surface area contributed by atoms with E-state index in [0.717, 1.165) is 12.8 Å². The SMILES string of the molecule is CC(O)(CNC(=O)c1ccoc1C1CC1)C(F)(F)F. The Bertz CT molecular complexity index is 475. The second-order valence-corrected chi connectivity index (χ2v) is 4.93. The zero-order valence-corrected chi connectivity index (χ0v) is 10.3. The number of rotatable bonds is 4. The number of hydrogen-bond donors (Lipinski definition) is 2. The van der Waals surface area contributed by atoms with Crippen LogP contribution in [0.25, 0.3) is 0 Å². The first-order valence-electron chi connectivity index (χ1n) is 5.87. The van der Waals surface area contributed by atoms with Crippen LogP contribution in [-0.2, 0) is 0 Å². The molecule has 1 aromatic rings. The van der Waals surface area contributed by atoms with Crippen molar-refractivity contribution >= 4 is 5.91 Å². The molecular weight excluding hydrogens is 263 g/mol.